The summed E-state index contributed by atoms with van der Waals surface area (Å²) in [7, 11) is -3.99. The number of rotatable bonds is 7. The van der Waals surface area contributed by atoms with Gasteiger partial charge in [-0.1, -0.05) is 43.1 Å². The fourth-order valence-corrected chi connectivity index (χ4v) is 4.37. The molecule has 0 bridgehead atoms. The van der Waals surface area contributed by atoms with Crippen molar-refractivity contribution >= 4 is 33.3 Å². The summed E-state index contributed by atoms with van der Waals surface area (Å²) in [4.78, 5) is 12.5. The highest BCUT2D eigenvalue weighted by Crippen LogP contribution is 2.27. The van der Waals surface area contributed by atoms with Crippen LogP contribution in [0.15, 0.2) is 53.4 Å². The average Bonchev–Trinajstić information content (AvgIpc) is 2.58. The fourth-order valence-electron chi connectivity index (χ4n) is 2.71. The number of nitrogens with zero attached hydrogens (tertiary/aromatic N) is 1. The molecule has 0 aromatic heterocycles. The Kier molecular flexibility index (Phi) is 7.12. The van der Waals surface area contributed by atoms with Gasteiger partial charge in [-0.2, -0.15) is 0 Å². The maximum atomic E-state index is 13.4. The lowest BCUT2D eigenvalue weighted by Gasteiger charge is -2.26. The topological polar surface area (TPSA) is 63.7 Å². The second-order valence-electron chi connectivity index (χ2n) is 7.48. The lowest BCUT2D eigenvalue weighted by molar-refractivity contribution is -0.152. The molecule has 2 rings (SSSR count). The van der Waals surface area contributed by atoms with Crippen molar-refractivity contribution in [1.29, 1.82) is 0 Å². The molecule has 0 fully saturated rings. The van der Waals surface area contributed by atoms with E-state index in [9.17, 15) is 13.2 Å². The van der Waals surface area contributed by atoms with Crippen LogP contribution in [0.4, 0.5) is 5.69 Å². The van der Waals surface area contributed by atoms with Gasteiger partial charge in [-0.3, -0.25) is 9.10 Å². The van der Waals surface area contributed by atoms with Gasteiger partial charge < -0.3 is 4.74 Å². The minimum atomic E-state index is -3.99. The van der Waals surface area contributed by atoms with Gasteiger partial charge in [-0.25, -0.2) is 8.42 Å². The second kappa shape index (κ2) is 8.97. The first-order valence-electron chi connectivity index (χ1n) is 9.12. The third kappa shape index (κ3) is 5.97. The first-order valence-corrected chi connectivity index (χ1v) is 10.9. The molecule has 0 radical (unpaired) electrons. The molecule has 5 nitrogen and oxygen atoms in total. The predicted molar refractivity (Wildman–Crippen MR) is 112 cm³/mol. The zero-order valence-corrected chi connectivity index (χ0v) is 18.2. The summed E-state index contributed by atoms with van der Waals surface area (Å²) in [5.74, 6) is -0.638. The highest BCUT2D eigenvalue weighted by atomic mass is 35.5. The number of anilines is 1. The summed E-state index contributed by atoms with van der Waals surface area (Å²) in [5, 5.41) is 0.377. The molecule has 2 aromatic rings. The van der Waals surface area contributed by atoms with Crippen molar-refractivity contribution in [2.45, 2.75) is 51.0 Å². The van der Waals surface area contributed by atoms with Gasteiger partial charge in [0.15, 0.2) is 0 Å². The van der Waals surface area contributed by atoms with Gasteiger partial charge in [0.05, 0.1) is 10.6 Å². The molecule has 0 amide bonds. The molecule has 0 atom stereocenters. The number of benzene rings is 2. The molecule has 152 valence electrons. The summed E-state index contributed by atoms with van der Waals surface area (Å²) in [6.07, 6.45) is 1.67. The van der Waals surface area contributed by atoms with Gasteiger partial charge in [-0.05, 0) is 63.1 Å². The molecule has 0 spiro atoms. The zero-order chi connectivity index (χ0) is 20.9. The molecule has 28 heavy (non-hydrogen) atoms. The number of aryl methyl sites for hydroxylation is 1. The van der Waals surface area contributed by atoms with Crippen LogP contribution in [0.5, 0.6) is 0 Å². The van der Waals surface area contributed by atoms with E-state index in [0.29, 0.717) is 10.7 Å². The summed E-state index contributed by atoms with van der Waals surface area (Å²) in [6, 6.07) is 13.2. The Balaban J connectivity index is 2.48. The van der Waals surface area contributed by atoms with Crippen LogP contribution in [-0.4, -0.2) is 26.5 Å². The van der Waals surface area contributed by atoms with Gasteiger partial charge in [0, 0.05) is 5.02 Å². The highest BCUT2D eigenvalue weighted by Gasteiger charge is 2.29. The maximum absolute atomic E-state index is 13.4. The van der Waals surface area contributed by atoms with E-state index in [1.807, 2.05) is 13.0 Å². The van der Waals surface area contributed by atoms with E-state index in [-0.39, 0.29) is 4.90 Å². The molecule has 0 N–H and O–H groups in total. The zero-order valence-electron chi connectivity index (χ0n) is 16.6. The van der Waals surface area contributed by atoms with E-state index in [4.69, 9.17) is 16.3 Å². The lowest BCUT2D eigenvalue weighted by atomic mass is 10.1. The number of esters is 1. The van der Waals surface area contributed by atoms with Gasteiger partial charge in [0.25, 0.3) is 10.0 Å². The monoisotopic (exact) mass is 423 g/mol. The Morgan fingerprint density at radius 2 is 1.79 bits per heavy atom. The van der Waals surface area contributed by atoms with Gasteiger partial charge in [-0.15, -0.1) is 0 Å². The molecule has 0 saturated heterocycles. The van der Waals surface area contributed by atoms with E-state index < -0.39 is 28.1 Å². The molecule has 0 aliphatic rings. The number of carbonyl (C=O) groups is 1. The number of ether oxygens (including phenoxy) is 1. The quantitative estimate of drug-likeness (QED) is 0.598. The number of carbonyl (C=O) groups excluding carboxylic acids is 1. The number of halogens is 1. The van der Waals surface area contributed by atoms with Crippen molar-refractivity contribution in [2.75, 3.05) is 10.8 Å². The first-order chi connectivity index (χ1) is 13.0. The number of sulfonamides is 1. The third-order valence-electron chi connectivity index (χ3n) is 3.81. The van der Waals surface area contributed by atoms with Crippen LogP contribution in [0.1, 0.15) is 39.7 Å². The van der Waals surface area contributed by atoms with E-state index >= 15 is 0 Å². The third-order valence-corrected chi connectivity index (χ3v) is 5.82. The van der Waals surface area contributed by atoms with E-state index in [2.05, 4.69) is 0 Å². The minimum absolute atomic E-state index is 0.127. The Hall–Kier alpha value is -2.05. The Morgan fingerprint density at radius 1 is 1.11 bits per heavy atom. The minimum Gasteiger partial charge on any atom is -0.459 e. The number of hydrogen-bond acceptors (Lipinski definition) is 4. The standard InChI is InChI=1S/C21H26ClNO4S/c1-5-8-16-9-6-12-19(13-16)28(25,26)23(15-20(24)27-21(2,3)4)18-11-7-10-17(22)14-18/h6-7,9-14H,5,8,15H2,1-4H3. The van der Waals surface area contributed by atoms with Crippen LogP contribution in [0, 0.1) is 0 Å². The molecule has 2 aromatic carbocycles. The van der Waals surface area contributed by atoms with Crippen molar-refractivity contribution in [3.63, 3.8) is 0 Å². The molecule has 0 aliphatic heterocycles. The first kappa shape index (κ1) is 22.2. The summed E-state index contributed by atoms with van der Waals surface area (Å²) in [6.45, 7) is 6.78. The Morgan fingerprint density at radius 3 is 2.39 bits per heavy atom. The van der Waals surface area contributed by atoms with Gasteiger partial charge in [0.2, 0.25) is 0 Å². The van der Waals surface area contributed by atoms with Gasteiger partial charge >= 0.3 is 5.97 Å². The summed E-state index contributed by atoms with van der Waals surface area (Å²) in [5.41, 5.74) is 0.508. The average molecular weight is 424 g/mol. The Bertz CT molecular complexity index is 935. The van der Waals surface area contributed by atoms with Crippen molar-refractivity contribution in [3.05, 3.63) is 59.1 Å². The van der Waals surface area contributed by atoms with Crippen LogP contribution in [0.25, 0.3) is 0 Å². The van der Waals surface area contributed by atoms with E-state index in [1.54, 1.807) is 51.1 Å². The van der Waals surface area contributed by atoms with E-state index in [0.717, 1.165) is 22.7 Å². The van der Waals surface area contributed by atoms with Crippen molar-refractivity contribution in [3.8, 4) is 0 Å². The highest BCUT2D eigenvalue weighted by molar-refractivity contribution is 7.92. The van der Waals surface area contributed by atoms with Crippen LogP contribution < -0.4 is 4.31 Å². The largest absolute Gasteiger partial charge is 0.459 e. The number of hydrogen-bond donors (Lipinski definition) is 0. The van der Waals surface area contributed by atoms with Gasteiger partial charge in [0.1, 0.15) is 12.1 Å². The molecule has 0 unspecified atom stereocenters. The van der Waals surface area contributed by atoms with Crippen molar-refractivity contribution in [1.82, 2.24) is 0 Å². The summed E-state index contributed by atoms with van der Waals surface area (Å²) >= 11 is 6.06. The predicted octanol–water partition coefficient (Wildman–Crippen LogP) is 4.83. The van der Waals surface area contributed by atoms with Crippen molar-refractivity contribution in [2.24, 2.45) is 0 Å². The van der Waals surface area contributed by atoms with Crippen LogP contribution >= 0.6 is 11.6 Å². The SMILES string of the molecule is CCCc1cccc(S(=O)(=O)N(CC(=O)OC(C)(C)C)c2cccc(Cl)c2)c1. The van der Waals surface area contributed by atoms with Crippen LogP contribution in [-0.2, 0) is 26.0 Å². The summed E-state index contributed by atoms with van der Waals surface area (Å²) < 4.78 is 33.1. The van der Waals surface area contributed by atoms with Crippen LogP contribution in [0.3, 0.4) is 0 Å². The Labute approximate surface area is 172 Å². The normalized spacial score (nSPS) is 11.9. The lowest BCUT2D eigenvalue weighted by Crippen LogP contribution is -2.39. The molecule has 0 heterocycles. The fraction of sp³-hybridized carbons (Fsp3) is 0.381. The molecular formula is C21H26ClNO4S. The van der Waals surface area contributed by atoms with E-state index in [1.165, 1.54) is 12.1 Å². The molecular weight excluding hydrogens is 398 g/mol. The molecule has 0 saturated carbocycles. The second-order valence-corrected chi connectivity index (χ2v) is 9.77. The smallest absolute Gasteiger partial charge is 0.327 e. The molecule has 7 heteroatoms. The maximum Gasteiger partial charge on any atom is 0.327 e. The van der Waals surface area contributed by atoms with Crippen molar-refractivity contribution < 1.29 is 17.9 Å². The molecule has 0 aliphatic carbocycles. The van der Waals surface area contributed by atoms with Crippen LogP contribution in [0.2, 0.25) is 5.02 Å².